The average molecular weight is 462 g/mol. The zero-order valence-corrected chi connectivity index (χ0v) is 18.6. The number of amides is 2. The summed E-state index contributed by atoms with van der Waals surface area (Å²) in [6.07, 6.45) is -0.769. The normalized spacial score (nSPS) is 12.4. The molecule has 3 aromatic carbocycles. The number of carbonyl (C=O) groups excluding carboxylic acids is 2. The third-order valence-electron chi connectivity index (χ3n) is 5.78. The van der Waals surface area contributed by atoms with E-state index in [4.69, 9.17) is 9.84 Å². The Balaban J connectivity index is 1.39. The van der Waals surface area contributed by atoms with Gasteiger partial charge in [-0.05, 0) is 54.3 Å². The smallest absolute Gasteiger partial charge is 0.408 e. The minimum Gasteiger partial charge on any atom is -0.478 e. The van der Waals surface area contributed by atoms with Crippen molar-refractivity contribution in [2.45, 2.75) is 25.3 Å². The first kappa shape index (κ1) is 23.0. The van der Waals surface area contributed by atoms with Gasteiger partial charge in [0.25, 0.3) is 0 Å². The molecular formula is C26H23FN2O5. The van der Waals surface area contributed by atoms with E-state index in [1.165, 1.54) is 19.9 Å². The third-order valence-corrected chi connectivity index (χ3v) is 5.78. The number of aromatic carboxylic acids is 1. The van der Waals surface area contributed by atoms with Gasteiger partial charge in [-0.2, -0.15) is 0 Å². The van der Waals surface area contributed by atoms with Crippen LogP contribution in [0, 0.1) is 5.82 Å². The van der Waals surface area contributed by atoms with Gasteiger partial charge in [-0.25, -0.2) is 14.0 Å². The molecule has 0 saturated carbocycles. The summed E-state index contributed by atoms with van der Waals surface area (Å²) in [5, 5.41) is 13.9. The Hall–Kier alpha value is -4.20. The predicted molar refractivity (Wildman–Crippen MR) is 124 cm³/mol. The lowest BCUT2D eigenvalue weighted by Gasteiger charge is -2.25. The molecule has 0 aliphatic heterocycles. The average Bonchev–Trinajstić information content (AvgIpc) is 3.11. The molecule has 0 atom stereocenters. The fourth-order valence-electron chi connectivity index (χ4n) is 4.00. The second kappa shape index (κ2) is 8.97. The van der Waals surface area contributed by atoms with Crippen molar-refractivity contribution in [3.63, 3.8) is 0 Å². The molecule has 3 N–H and O–H groups in total. The van der Waals surface area contributed by atoms with Crippen molar-refractivity contribution in [1.29, 1.82) is 0 Å². The molecule has 174 valence electrons. The Bertz CT molecular complexity index is 1240. The van der Waals surface area contributed by atoms with Gasteiger partial charge in [0.05, 0.1) is 5.56 Å². The molecule has 3 aromatic rings. The topological polar surface area (TPSA) is 105 Å². The molecule has 34 heavy (non-hydrogen) atoms. The van der Waals surface area contributed by atoms with E-state index < -0.39 is 34.9 Å². The maximum Gasteiger partial charge on any atom is 0.408 e. The van der Waals surface area contributed by atoms with Crippen molar-refractivity contribution in [2.75, 3.05) is 11.9 Å². The number of alkyl carbamates (subject to hydrolysis) is 1. The highest BCUT2D eigenvalue weighted by Gasteiger charge is 2.32. The van der Waals surface area contributed by atoms with E-state index in [1.807, 2.05) is 48.5 Å². The lowest BCUT2D eigenvalue weighted by Crippen LogP contribution is -2.52. The van der Waals surface area contributed by atoms with Crippen LogP contribution in [0.25, 0.3) is 11.1 Å². The number of hydrogen-bond donors (Lipinski definition) is 3. The molecular weight excluding hydrogens is 439 g/mol. The quantitative estimate of drug-likeness (QED) is 0.489. The van der Waals surface area contributed by atoms with E-state index in [9.17, 15) is 18.8 Å². The van der Waals surface area contributed by atoms with Gasteiger partial charge >= 0.3 is 12.1 Å². The van der Waals surface area contributed by atoms with Gasteiger partial charge in [0.1, 0.15) is 18.0 Å². The lowest BCUT2D eigenvalue weighted by atomic mass is 9.98. The van der Waals surface area contributed by atoms with E-state index in [0.29, 0.717) is 0 Å². The monoisotopic (exact) mass is 462 g/mol. The second-order valence-electron chi connectivity index (χ2n) is 8.53. The van der Waals surface area contributed by atoms with E-state index in [2.05, 4.69) is 10.6 Å². The molecule has 0 radical (unpaired) electrons. The van der Waals surface area contributed by atoms with Gasteiger partial charge in [-0.1, -0.05) is 48.5 Å². The van der Waals surface area contributed by atoms with Crippen LogP contribution in [0.4, 0.5) is 14.9 Å². The Morgan fingerprint density at radius 3 is 2.12 bits per heavy atom. The van der Waals surface area contributed by atoms with Crippen molar-refractivity contribution in [3.05, 3.63) is 89.2 Å². The summed E-state index contributed by atoms with van der Waals surface area (Å²) in [4.78, 5) is 36.1. The molecule has 0 unspecified atom stereocenters. The van der Waals surface area contributed by atoms with Crippen LogP contribution in [0.2, 0.25) is 0 Å². The third kappa shape index (κ3) is 4.47. The summed E-state index contributed by atoms with van der Waals surface area (Å²) in [6, 6.07) is 19.1. The largest absolute Gasteiger partial charge is 0.478 e. The van der Waals surface area contributed by atoms with Crippen LogP contribution in [0.1, 0.15) is 41.3 Å². The fourth-order valence-corrected chi connectivity index (χ4v) is 4.00. The van der Waals surface area contributed by atoms with Gasteiger partial charge in [-0.15, -0.1) is 0 Å². The zero-order chi connectivity index (χ0) is 24.5. The number of carboxylic acid groups (broad SMARTS) is 1. The number of ether oxygens (including phenoxy) is 1. The zero-order valence-electron chi connectivity index (χ0n) is 18.6. The van der Waals surface area contributed by atoms with E-state index >= 15 is 0 Å². The lowest BCUT2D eigenvalue weighted by molar-refractivity contribution is -0.121. The van der Waals surface area contributed by atoms with Crippen LogP contribution in [0.5, 0.6) is 0 Å². The molecule has 0 saturated heterocycles. The first-order valence-electron chi connectivity index (χ1n) is 10.6. The number of halogens is 1. The van der Waals surface area contributed by atoms with Crippen LogP contribution in [-0.4, -0.2) is 35.2 Å². The molecule has 0 bridgehead atoms. The molecule has 4 rings (SSSR count). The van der Waals surface area contributed by atoms with Crippen LogP contribution in [-0.2, 0) is 9.53 Å². The number of nitrogens with one attached hydrogen (secondary N) is 2. The maximum absolute atomic E-state index is 13.9. The Morgan fingerprint density at radius 1 is 0.971 bits per heavy atom. The van der Waals surface area contributed by atoms with E-state index in [1.54, 1.807) is 0 Å². The highest BCUT2D eigenvalue weighted by Crippen LogP contribution is 2.44. The molecule has 0 spiro atoms. The molecule has 2 amide bonds. The molecule has 0 aromatic heterocycles. The van der Waals surface area contributed by atoms with E-state index in [0.717, 1.165) is 34.4 Å². The molecule has 0 heterocycles. The number of rotatable bonds is 6. The second-order valence-corrected chi connectivity index (χ2v) is 8.53. The minimum absolute atomic E-state index is 0.0647. The number of carbonyl (C=O) groups is 3. The van der Waals surface area contributed by atoms with Crippen LogP contribution in [0.15, 0.2) is 66.7 Å². The van der Waals surface area contributed by atoms with Gasteiger partial charge in [0.2, 0.25) is 5.91 Å². The molecule has 1 aliphatic carbocycles. The predicted octanol–water partition coefficient (Wildman–Crippen LogP) is 4.78. The first-order chi connectivity index (χ1) is 16.2. The molecule has 1 aliphatic rings. The number of benzene rings is 3. The van der Waals surface area contributed by atoms with Crippen molar-refractivity contribution >= 4 is 23.7 Å². The Labute approximate surface area is 195 Å². The molecule has 8 heteroatoms. The SMILES string of the molecule is CC(C)(NC(=O)OCC1c2ccccc2-c2ccccc21)C(=O)Nc1ccc(C(=O)O)c(F)c1. The summed E-state index contributed by atoms with van der Waals surface area (Å²) in [7, 11) is 0. The summed E-state index contributed by atoms with van der Waals surface area (Å²) in [5.74, 6) is -3.13. The first-order valence-corrected chi connectivity index (χ1v) is 10.6. The van der Waals surface area contributed by atoms with Gasteiger partial charge < -0.3 is 20.5 Å². The number of fused-ring (bicyclic) bond motifs is 3. The van der Waals surface area contributed by atoms with Gasteiger partial charge in [0, 0.05) is 11.6 Å². The van der Waals surface area contributed by atoms with Crippen molar-refractivity contribution in [3.8, 4) is 11.1 Å². The standard InChI is InChI=1S/C26H23FN2O5/c1-26(2,24(32)28-15-11-12-20(23(30)31)22(27)13-15)29-25(33)34-14-21-18-9-5-3-7-16(18)17-8-4-6-10-19(17)21/h3-13,21H,14H2,1-2H3,(H,28,32)(H,29,33)(H,30,31). The van der Waals surface area contributed by atoms with Crippen molar-refractivity contribution in [2.24, 2.45) is 0 Å². The van der Waals surface area contributed by atoms with Crippen LogP contribution >= 0.6 is 0 Å². The highest BCUT2D eigenvalue weighted by atomic mass is 19.1. The Kier molecular flexibility index (Phi) is 6.06. The van der Waals surface area contributed by atoms with Crippen LogP contribution < -0.4 is 10.6 Å². The summed E-state index contributed by atoms with van der Waals surface area (Å²) < 4.78 is 19.4. The van der Waals surface area contributed by atoms with Gasteiger partial charge in [0.15, 0.2) is 0 Å². The molecule has 0 fully saturated rings. The summed E-state index contributed by atoms with van der Waals surface area (Å²) in [5.41, 5.74) is 2.52. The Morgan fingerprint density at radius 2 is 1.56 bits per heavy atom. The summed E-state index contributed by atoms with van der Waals surface area (Å²) >= 11 is 0. The van der Waals surface area contributed by atoms with Gasteiger partial charge in [-0.3, -0.25) is 4.79 Å². The number of carboxylic acids is 1. The van der Waals surface area contributed by atoms with Crippen molar-refractivity contribution in [1.82, 2.24) is 5.32 Å². The molecule has 7 nitrogen and oxygen atoms in total. The fraction of sp³-hybridized carbons (Fsp3) is 0.192. The number of anilines is 1. The minimum atomic E-state index is -1.41. The van der Waals surface area contributed by atoms with Crippen molar-refractivity contribution < 1.29 is 28.6 Å². The van der Waals surface area contributed by atoms with E-state index in [-0.39, 0.29) is 18.2 Å². The summed E-state index contributed by atoms with van der Waals surface area (Å²) in [6.45, 7) is 3.05. The number of hydrogen-bond acceptors (Lipinski definition) is 4. The highest BCUT2D eigenvalue weighted by molar-refractivity contribution is 5.99. The maximum atomic E-state index is 13.9. The van der Waals surface area contributed by atoms with Crippen LogP contribution in [0.3, 0.4) is 0 Å².